The molecule has 0 aliphatic heterocycles. The summed E-state index contributed by atoms with van der Waals surface area (Å²) in [5.41, 5.74) is 5.00. The summed E-state index contributed by atoms with van der Waals surface area (Å²) in [4.78, 5) is 4.66. The van der Waals surface area contributed by atoms with Gasteiger partial charge in [0, 0.05) is 22.5 Å². The van der Waals surface area contributed by atoms with Crippen LogP contribution in [-0.4, -0.2) is 21.9 Å². The molecule has 0 atom stereocenters. The Hall–Kier alpha value is -3.66. The van der Waals surface area contributed by atoms with Crippen LogP contribution in [0.25, 0.3) is 38.8 Å². The summed E-state index contributed by atoms with van der Waals surface area (Å²) in [5.74, 6) is 0.828. The first-order valence-electron chi connectivity index (χ1n) is 8.81. The molecule has 0 amide bonds. The zero-order chi connectivity index (χ0) is 18.2. The van der Waals surface area contributed by atoms with Crippen LogP contribution in [0.1, 0.15) is 0 Å². The van der Waals surface area contributed by atoms with Gasteiger partial charge >= 0.3 is 0 Å². The monoisotopic (exact) mass is 351 g/mol. The predicted octanol–water partition coefficient (Wildman–Crippen LogP) is 5.25. The number of pyridine rings is 1. The first-order chi connectivity index (χ1) is 13.3. The van der Waals surface area contributed by atoms with E-state index in [1.165, 1.54) is 0 Å². The summed E-state index contributed by atoms with van der Waals surface area (Å²) in [7, 11) is 1.67. The molecule has 2 aromatic heterocycles. The van der Waals surface area contributed by atoms with Crippen molar-refractivity contribution in [3.63, 3.8) is 0 Å². The third-order valence-electron chi connectivity index (χ3n) is 4.78. The highest BCUT2D eigenvalue weighted by molar-refractivity contribution is 6.08. The molecular weight excluding hydrogens is 334 g/mol. The van der Waals surface area contributed by atoms with Crippen LogP contribution in [0, 0.1) is 0 Å². The van der Waals surface area contributed by atoms with Crippen molar-refractivity contribution in [1.82, 2.24) is 14.8 Å². The molecule has 0 N–H and O–H groups in total. The smallest absolute Gasteiger partial charge is 0.118 e. The summed E-state index contributed by atoms with van der Waals surface area (Å²) in [6.45, 7) is 0. The molecule has 5 rings (SSSR count). The normalized spacial score (nSPS) is 11.1. The second kappa shape index (κ2) is 6.25. The molecular formula is C23H17N3O. The Morgan fingerprint density at radius 2 is 1.52 bits per heavy atom. The third kappa shape index (κ3) is 2.54. The number of aromatic nitrogens is 3. The van der Waals surface area contributed by atoms with Crippen LogP contribution >= 0.6 is 0 Å². The minimum atomic E-state index is 0.828. The number of nitrogens with zero attached hydrogens (tertiary/aromatic N) is 3. The molecule has 4 heteroatoms. The van der Waals surface area contributed by atoms with E-state index < -0.39 is 0 Å². The second-order valence-electron chi connectivity index (χ2n) is 6.36. The second-order valence-corrected chi connectivity index (χ2v) is 6.36. The van der Waals surface area contributed by atoms with Gasteiger partial charge in [-0.05, 0) is 42.5 Å². The zero-order valence-corrected chi connectivity index (χ0v) is 14.8. The van der Waals surface area contributed by atoms with Crippen molar-refractivity contribution >= 4 is 21.8 Å². The average Bonchev–Trinajstić information content (AvgIpc) is 3.15. The summed E-state index contributed by atoms with van der Waals surface area (Å²) >= 11 is 0. The molecule has 2 heterocycles. The Balaban J connectivity index is 1.86. The van der Waals surface area contributed by atoms with E-state index in [9.17, 15) is 0 Å². The van der Waals surface area contributed by atoms with Crippen LogP contribution in [0.4, 0.5) is 0 Å². The van der Waals surface area contributed by atoms with Gasteiger partial charge in [-0.25, -0.2) is 4.68 Å². The van der Waals surface area contributed by atoms with Crippen molar-refractivity contribution in [2.24, 2.45) is 0 Å². The zero-order valence-electron chi connectivity index (χ0n) is 14.8. The van der Waals surface area contributed by atoms with Crippen LogP contribution in [0.2, 0.25) is 0 Å². The van der Waals surface area contributed by atoms with Crippen molar-refractivity contribution in [3.8, 4) is 22.7 Å². The molecule has 0 aliphatic carbocycles. The third-order valence-corrected chi connectivity index (χ3v) is 4.78. The Labute approximate surface area is 156 Å². The van der Waals surface area contributed by atoms with Gasteiger partial charge < -0.3 is 4.74 Å². The highest BCUT2D eigenvalue weighted by atomic mass is 16.5. The lowest BCUT2D eigenvalue weighted by molar-refractivity contribution is 0.415. The van der Waals surface area contributed by atoms with E-state index in [1.807, 2.05) is 71.5 Å². The van der Waals surface area contributed by atoms with Crippen LogP contribution in [0.15, 0.2) is 85.1 Å². The minimum absolute atomic E-state index is 0.828. The van der Waals surface area contributed by atoms with E-state index >= 15 is 0 Å². The molecule has 0 bridgehead atoms. The number of para-hydroxylation sites is 2. The lowest BCUT2D eigenvalue weighted by Gasteiger charge is -2.05. The van der Waals surface area contributed by atoms with Crippen LogP contribution in [-0.2, 0) is 0 Å². The molecule has 27 heavy (non-hydrogen) atoms. The quantitative estimate of drug-likeness (QED) is 0.446. The van der Waals surface area contributed by atoms with Crippen LogP contribution < -0.4 is 4.74 Å². The van der Waals surface area contributed by atoms with Crippen molar-refractivity contribution in [2.45, 2.75) is 0 Å². The fraction of sp³-hybridized carbons (Fsp3) is 0.0435. The molecule has 0 radical (unpaired) electrons. The Bertz CT molecular complexity index is 1240. The van der Waals surface area contributed by atoms with E-state index in [4.69, 9.17) is 9.84 Å². The van der Waals surface area contributed by atoms with Crippen molar-refractivity contribution in [3.05, 3.63) is 85.1 Å². The number of hydrogen-bond acceptors (Lipinski definition) is 3. The van der Waals surface area contributed by atoms with E-state index in [0.29, 0.717) is 0 Å². The molecule has 0 spiro atoms. The summed E-state index contributed by atoms with van der Waals surface area (Å²) in [6.07, 6.45) is 1.92. The Kier molecular flexibility index (Phi) is 3.61. The van der Waals surface area contributed by atoms with Gasteiger partial charge in [0.15, 0.2) is 0 Å². The number of hydrogen-bond donors (Lipinski definition) is 0. The van der Waals surface area contributed by atoms with Gasteiger partial charge in [0.2, 0.25) is 0 Å². The fourth-order valence-electron chi connectivity index (χ4n) is 3.45. The van der Waals surface area contributed by atoms with Crippen LogP contribution in [0.5, 0.6) is 5.75 Å². The molecule has 5 aromatic rings. The number of fused-ring (bicyclic) bond motifs is 3. The first kappa shape index (κ1) is 15.6. The van der Waals surface area contributed by atoms with Gasteiger partial charge in [-0.15, -0.1) is 0 Å². The summed E-state index contributed by atoms with van der Waals surface area (Å²) in [6, 6.07) is 26.4. The maximum absolute atomic E-state index is 5.29. The van der Waals surface area contributed by atoms with E-state index in [-0.39, 0.29) is 0 Å². The maximum Gasteiger partial charge on any atom is 0.118 e. The Morgan fingerprint density at radius 3 is 2.30 bits per heavy atom. The van der Waals surface area contributed by atoms with Gasteiger partial charge in [-0.2, -0.15) is 5.10 Å². The molecule has 130 valence electrons. The van der Waals surface area contributed by atoms with Crippen molar-refractivity contribution < 1.29 is 4.74 Å². The lowest BCUT2D eigenvalue weighted by Crippen LogP contribution is -1.96. The van der Waals surface area contributed by atoms with Gasteiger partial charge in [-0.1, -0.05) is 36.4 Å². The predicted molar refractivity (Wildman–Crippen MR) is 108 cm³/mol. The lowest BCUT2D eigenvalue weighted by atomic mass is 10.1. The van der Waals surface area contributed by atoms with Gasteiger partial charge in [-0.3, -0.25) is 4.98 Å². The molecule has 3 aromatic carbocycles. The average molecular weight is 351 g/mol. The largest absolute Gasteiger partial charge is 0.497 e. The van der Waals surface area contributed by atoms with Gasteiger partial charge in [0.25, 0.3) is 0 Å². The maximum atomic E-state index is 5.29. The molecule has 4 nitrogen and oxygen atoms in total. The fourth-order valence-corrected chi connectivity index (χ4v) is 3.45. The number of ether oxygens (including phenoxy) is 1. The SMILES string of the molecule is COc1ccc(-c2nn(-c3ccccc3)c3c2cnc2ccccc23)cc1. The first-order valence-corrected chi connectivity index (χ1v) is 8.81. The molecule has 0 saturated carbocycles. The number of rotatable bonds is 3. The standard InChI is InChI=1S/C23H17N3O/c1-27-18-13-11-16(12-14-18)22-20-15-24-21-10-6-5-9-19(21)23(20)26(25-22)17-7-3-2-4-8-17/h2-15H,1H3. The van der Waals surface area contributed by atoms with Crippen molar-refractivity contribution in [1.29, 1.82) is 0 Å². The van der Waals surface area contributed by atoms with Gasteiger partial charge in [0.05, 0.1) is 23.8 Å². The number of methoxy groups -OCH3 is 1. The highest BCUT2D eigenvalue weighted by Crippen LogP contribution is 2.34. The molecule has 0 fully saturated rings. The summed E-state index contributed by atoms with van der Waals surface area (Å²) < 4.78 is 7.30. The molecule has 0 saturated heterocycles. The highest BCUT2D eigenvalue weighted by Gasteiger charge is 2.16. The van der Waals surface area contributed by atoms with E-state index in [0.717, 1.165) is 44.5 Å². The van der Waals surface area contributed by atoms with E-state index in [2.05, 4.69) is 23.2 Å². The number of benzene rings is 3. The van der Waals surface area contributed by atoms with Crippen molar-refractivity contribution in [2.75, 3.05) is 7.11 Å². The van der Waals surface area contributed by atoms with Crippen LogP contribution in [0.3, 0.4) is 0 Å². The molecule has 0 aliphatic rings. The minimum Gasteiger partial charge on any atom is -0.497 e. The molecule has 0 unspecified atom stereocenters. The van der Waals surface area contributed by atoms with E-state index in [1.54, 1.807) is 7.11 Å². The Morgan fingerprint density at radius 1 is 0.778 bits per heavy atom. The van der Waals surface area contributed by atoms with Gasteiger partial charge in [0.1, 0.15) is 11.4 Å². The topological polar surface area (TPSA) is 39.9 Å². The summed E-state index contributed by atoms with van der Waals surface area (Å²) in [5, 5.41) is 7.09.